The Balaban J connectivity index is 2.10. The topological polar surface area (TPSA) is 35.5 Å². The van der Waals surface area contributed by atoms with Crippen molar-refractivity contribution in [2.24, 2.45) is 0 Å². The molecular weight excluding hydrogens is 180 g/mol. The van der Waals surface area contributed by atoms with Gasteiger partial charge in [0.1, 0.15) is 12.4 Å². The van der Waals surface area contributed by atoms with Crippen LogP contribution < -0.4 is 0 Å². The van der Waals surface area contributed by atoms with E-state index in [0.717, 1.165) is 32.0 Å². The molecule has 2 aliphatic heterocycles. The summed E-state index contributed by atoms with van der Waals surface area (Å²) in [6, 6.07) is 0. The van der Waals surface area contributed by atoms with Gasteiger partial charge in [0.15, 0.2) is 0 Å². The van der Waals surface area contributed by atoms with Crippen LogP contribution in [0.5, 0.6) is 0 Å². The molecule has 0 aromatic rings. The second kappa shape index (κ2) is 3.63. The van der Waals surface area contributed by atoms with Crippen LogP contribution in [0.15, 0.2) is 0 Å². The van der Waals surface area contributed by atoms with Gasteiger partial charge in [0.25, 0.3) is 0 Å². The van der Waals surface area contributed by atoms with E-state index in [1.165, 1.54) is 0 Å². The molecular formula is C11H18O3. The van der Waals surface area contributed by atoms with E-state index in [4.69, 9.17) is 9.47 Å². The van der Waals surface area contributed by atoms with Crippen molar-refractivity contribution < 1.29 is 14.3 Å². The van der Waals surface area contributed by atoms with Crippen LogP contribution >= 0.6 is 0 Å². The number of carbonyl (C=O) groups excluding carboxylic acids is 1. The fraction of sp³-hybridized carbons (Fsp3) is 0.909. The molecule has 1 spiro atoms. The third-order valence-electron chi connectivity index (χ3n) is 3.44. The summed E-state index contributed by atoms with van der Waals surface area (Å²) in [5, 5.41) is 0. The average molecular weight is 198 g/mol. The number of aldehydes is 1. The summed E-state index contributed by atoms with van der Waals surface area (Å²) < 4.78 is 11.6. The summed E-state index contributed by atoms with van der Waals surface area (Å²) in [6.07, 6.45) is 5.00. The standard InChI is InChI=1S/C11H18O3/c1-8-6-11(9(2)13-8)5-3-4-10(7-12)14-11/h7-10H,3-6H2,1-2H3. The predicted octanol–water partition coefficient (Wildman–Crippen LogP) is 1.69. The Labute approximate surface area is 84.8 Å². The summed E-state index contributed by atoms with van der Waals surface area (Å²) in [7, 11) is 0. The molecule has 2 saturated heterocycles. The van der Waals surface area contributed by atoms with E-state index in [1.807, 2.05) is 0 Å². The van der Waals surface area contributed by atoms with Crippen LogP contribution in [0, 0.1) is 0 Å². The van der Waals surface area contributed by atoms with Crippen molar-refractivity contribution in [1.82, 2.24) is 0 Å². The van der Waals surface area contributed by atoms with Crippen LogP contribution in [0.2, 0.25) is 0 Å². The van der Waals surface area contributed by atoms with Crippen molar-refractivity contribution in [2.45, 2.75) is 63.4 Å². The molecule has 14 heavy (non-hydrogen) atoms. The van der Waals surface area contributed by atoms with Gasteiger partial charge in [-0.1, -0.05) is 0 Å². The molecule has 0 aromatic heterocycles. The maximum absolute atomic E-state index is 10.7. The Bertz CT molecular complexity index is 229. The minimum atomic E-state index is -0.208. The van der Waals surface area contributed by atoms with E-state index in [1.54, 1.807) is 0 Å². The van der Waals surface area contributed by atoms with E-state index < -0.39 is 0 Å². The van der Waals surface area contributed by atoms with Crippen LogP contribution in [0.25, 0.3) is 0 Å². The maximum atomic E-state index is 10.7. The van der Waals surface area contributed by atoms with E-state index in [2.05, 4.69) is 13.8 Å². The molecule has 0 aliphatic carbocycles. The quantitative estimate of drug-likeness (QED) is 0.601. The van der Waals surface area contributed by atoms with Crippen molar-refractivity contribution in [2.75, 3.05) is 0 Å². The number of rotatable bonds is 1. The van der Waals surface area contributed by atoms with Crippen molar-refractivity contribution in [3.63, 3.8) is 0 Å². The van der Waals surface area contributed by atoms with E-state index in [-0.39, 0.29) is 23.9 Å². The smallest absolute Gasteiger partial charge is 0.148 e. The largest absolute Gasteiger partial charge is 0.372 e. The second-order valence-electron chi connectivity index (χ2n) is 4.54. The molecule has 0 amide bonds. The van der Waals surface area contributed by atoms with Crippen LogP contribution in [-0.4, -0.2) is 30.2 Å². The normalized spacial score (nSPS) is 48.3. The maximum Gasteiger partial charge on any atom is 0.148 e. The number of hydrogen-bond donors (Lipinski definition) is 0. The molecule has 2 fully saturated rings. The van der Waals surface area contributed by atoms with Gasteiger partial charge in [0.05, 0.1) is 17.8 Å². The lowest BCUT2D eigenvalue weighted by molar-refractivity contribution is -0.159. The lowest BCUT2D eigenvalue weighted by Gasteiger charge is -2.38. The molecule has 3 heteroatoms. The zero-order valence-corrected chi connectivity index (χ0v) is 8.86. The molecule has 80 valence electrons. The van der Waals surface area contributed by atoms with Gasteiger partial charge in [-0.05, 0) is 33.1 Å². The lowest BCUT2D eigenvalue weighted by atomic mass is 9.85. The van der Waals surface area contributed by atoms with Crippen molar-refractivity contribution >= 4 is 6.29 Å². The van der Waals surface area contributed by atoms with Gasteiger partial charge in [-0.15, -0.1) is 0 Å². The van der Waals surface area contributed by atoms with Crippen molar-refractivity contribution in [1.29, 1.82) is 0 Å². The summed E-state index contributed by atoms with van der Waals surface area (Å²) in [5.41, 5.74) is -0.177. The summed E-state index contributed by atoms with van der Waals surface area (Å²) in [4.78, 5) is 10.7. The fourth-order valence-electron chi connectivity index (χ4n) is 2.74. The fourth-order valence-corrected chi connectivity index (χ4v) is 2.74. The van der Waals surface area contributed by atoms with Crippen LogP contribution in [-0.2, 0) is 14.3 Å². The first kappa shape index (κ1) is 10.1. The highest BCUT2D eigenvalue weighted by atomic mass is 16.6. The minimum absolute atomic E-state index is 0.125. The Hall–Kier alpha value is -0.410. The summed E-state index contributed by atoms with van der Waals surface area (Å²) in [6.45, 7) is 4.12. The third kappa shape index (κ3) is 1.59. The monoisotopic (exact) mass is 198 g/mol. The van der Waals surface area contributed by atoms with Gasteiger partial charge in [0, 0.05) is 6.42 Å². The lowest BCUT2D eigenvalue weighted by Crippen LogP contribution is -2.46. The second-order valence-corrected chi connectivity index (χ2v) is 4.54. The van der Waals surface area contributed by atoms with Crippen molar-refractivity contribution in [3.05, 3.63) is 0 Å². The molecule has 3 nitrogen and oxygen atoms in total. The first-order valence-electron chi connectivity index (χ1n) is 5.45. The third-order valence-corrected chi connectivity index (χ3v) is 3.44. The molecule has 0 bridgehead atoms. The molecule has 2 heterocycles. The highest BCUT2D eigenvalue weighted by molar-refractivity contribution is 5.56. The molecule has 0 N–H and O–H groups in total. The zero-order valence-electron chi connectivity index (χ0n) is 8.86. The molecule has 0 saturated carbocycles. The van der Waals surface area contributed by atoms with Gasteiger partial charge in [-0.3, -0.25) is 0 Å². The summed E-state index contributed by atoms with van der Waals surface area (Å²) in [5.74, 6) is 0. The van der Waals surface area contributed by atoms with Gasteiger partial charge in [-0.25, -0.2) is 0 Å². The number of hydrogen-bond acceptors (Lipinski definition) is 3. The molecule has 2 aliphatic rings. The van der Waals surface area contributed by atoms with Gasteiger partial charge in [0.2, 0.25) is 0 Å². The van der Waals surface area contributed by atoms with E-state index in [0.29, 0.717) is 0 Å². The van der Waals surface area contributed by atoms with E-state index in [9.17, 15) is 4.79 Å². The highest BCUT2D eigenvalue weighted by Gasteiger charge is 2.48. The van der Waals surface area contributed by atoms with Crippen LogP contribution in [0.1, 0.15) is 39.5 Å². The highest BCUT2D eigenvalue weighted by Crippen LogP contribution is 2.41. The van der Waals surface area contributed by atoms with Gasteiger partial charge < -0.3 is 14.3 Å². The van der Waals surface area contributed by atoms with Gasteiger partial charge in [-0.2, -0.15) is 0 Å². The molecule has 4 atom stereocenters. The van der Waals surface area contributed by atoms with Crippen LogP contribution in [0.4, 0.5) is 0 Å². The molecule has 2 rings (SSSR count). The minimum Gasteiger partial charge on any atom is -0.372 e. The van der Waals surface area contributed by atoms with E-state index >= 15 is 0 Å². The Morgan fingerprint density at radius 2 is 2.21 bits per heavy atom. The molecule has 4 unspecified atom stereocenters. The Kier molecular flexibility index (Phi) is 2.62. The average Bonchev–Trinajstić information content (AvgIpc) is 2.42. The summed E-state index contributed by atoms with van der Waals surface area (Å²) >= 11 is 0. The number of ether oxygens (including phenoxy) is 2. The zero-order chi connectivity index (χ0) is 10.2. The van der Waals surface area contributed by atoms with Gasteiger partial charge >= 0.3 is 0 Å². The predicted molar refractivity (Wildman–Crippen MR) is 52.1 cm³/mol. The first-order valence-corrected chi connectivity index (χ1v) is 5.45. The molecule has 0 aromatic carbocycles. The van der Waals surface area contributed by atoms with Crippen LogP contribution in [0.3, 0.4) is 0 Å². The Morgan fingerprint density at radius 1 is 1.43 bits per heavy atom. The molecule has 0 radical (unpaired) electrons. The van der Waals surface area contributed by atoms with Crippen molar-refractivity contribution in [3.8, 4) is 0 Å². The SMILES string of the molecule is CC1CC2(CCCC(C=O)O2)C(C)O1. The number of carbonyl (C=O) groups is 1. The first-order chi connectivity index (χ1) is 6.66. The Morgan fingerprint density at radius 3 is 2.79 bits per heavy atom.